The van der Waals surface area contributed by atoms with Gasteiger partial charge in [-0.25, -0.2) is 4.39 Å². The summed E-state index contributed by atoms with van der Waals surface area (Å²) in [6.07, 6.45) is 1.78. The van der Waals surface area contributed by atoms with Crippen LogP contribution in [-0.2, 0) is 6.54 Å². The van der Waals surface area contributed by atoms with E-state index in [4.69, 9.17) is 4.74 Å². The SMILES string of the molecule is COc1ccc(Cn2cc(C)c3cc(F)c(C)cc3c2=O)cc1. The Kier molecular flexibility index (Phi) is 3.90. The molecule has 0 saturated heterocycles. The molecule has 0 fully saturated rings. The van der Waals surface area contributed by atoms with Crippen LogP contribution in [0.3, 0.4) is 0 Å². The number of fused-ring (bicyclic) bond motifs is 1. The lowest BCUT2D eigenvalue weighted by Crippen LogP contribution is -2.21. The van der Waals surface area contributed by atoms with Gasteiger partial charge in [0.15, 0.2) is 0 Å². The van der Waals surface area contributed by atoms with Crippen LogP contribution in [0.1, 0.15) is 16.7 Å². The van der Waals surface area contributed by atoms with Gasteiger partial charge in [0.05, 0.1) is 13.7 Å². The van der Waals surface area contributed by atoms with Crippen molar-refractivity contribution >= 4 is 10.8 Å². The lowest BCUT2D eigenvalue weighted by molar-refractivity contribution is 0.414. The number of aryl methyl sites for hydroxylation is 2. The summed E-state index contributed by atoms with van der Waals surface area (Å²) in [4.78, 5) is 12.7. The van der Waals surface area contributed by atoms with Gasteiger partial charge in [0.1, 0.15) is 11.6 Å². The molecule has 118 valence electrons. The van der Waals surface area contributed by atoms with Crippen LogP contribution in [0, 0.1) is 19.7 Å². The zero-order valence-corrected chi connectivity index (χ0v) is 13.4. The number of aromatic nitrogens is 1. The van der Waals surface area contributed by atoms with Crippen LogP contribution in [0.4, 0.5) is 4.39 Å². The zero-order chi connectivity index (χ0) is 16.6. The number of hydrogen-bond donors (Lipinski definition) is 0. The molecule has 3 aromatic rings. The maximum Gasteiger partial charge on any atom is 0.258 e. The summed E-state index contributed by atoms with van der Waals surface area (Å²) in [6.45, 7) is 4.03. The molecule has 1 heterocycles. The number of benzene rings is 2. The Morgan fingerprint density at radius 1 is 1.04 bits per heavy atom. The lowest BCUT2D eigenvalue weighted by atomic mass is 10.0. The lowest BCUT2D eigenvalue weighted by Gasteiger charge is -2.11. The fourth-order valence-electron chi connectivity index (χ4n) is 2.75. The second kappa shape index (κ2) is 5.88. The molecule has 0 aliphatic heterocycles. The van der Waals surface area contributed by atoms with Crippen molar-refractivity contribution in [2.75, 3.05) is 7.11 Å². The van der Waals surface area contributed by atoms with Gasteiger partial charge in [0.25, 0.3) is 5.56 Å². The van der Waals surface area contributed by atoms with E-state index in [0.29, 0.717) is 22.9 Å². The topological polar surface area (TPSA) is 31.2 Å². The summed E-state index contributed by atoms with van der Waals surface area (Å²) in [5.74, 6) is 0.495. The average molecular weight is 311 g/mol. The highest BCUT2D eigenvalue weighted by Crippen LogP contribution is 2.20. The number of halogens is 1. The molecular formula is C19H18FNO2. The molecule has 23 heavy (non-hydrogen) atoms. The van der Waals surface area contributed by atoms with Crippen LogP contribution in [0.15, 0.2) is 47.4 Å². The first-order valence-corrected chi connectivity index (χ1v) is 7.42. The Balaban J connectivity index is 2.09. The molecule has 0 amide bonds. The van der Waals surface area contributed by atoms with Crippen molar-refractivity contribution in [1.82, 2.24) is 4.57 Å². The normalized spacial score (nSPS) is 11.0. The maximum absolute atomic E-state index is 13.8. The van der Waals surface area contributed by atoms with Crippen LogP contribution < -0.4 is 10.3 Å². The highest BCUT2D eigenvalue weighted by atomic mass is 19.1. The second-order valence-corrected chi connectivity index (χ2v) is 5.74. The highest BCUT2D eigenvalue weighted by Gasteiger charge is 2.10. The van der Waals surface area contributed by atoms with E-state index in [1.807, 2.05) is 31.2 Å². The van der Waals surface area contributed by atoms with Gasteiger partial charge >= 0.3 is 0 Å². The molecule has 2 aromatic carbocycles. The molecule has 0 aliphatic carbocycles. The summed E-state index contributed by atoms with van der Waals surface area (Å²) >= 11 is 0. The third-order valence-corrected chi connectivity index (χ3v) is 4.08. The average Bonchev–Trinajstić information content (AvgIpc) is 2.55. The third kappa shape index (κ3) is 2.84. The van der Waals surface area contributed by atoms with E-state index in [1.165, 1.54) is 6.07 Å². The monoisotopic (exact) mass is 311 g/mol. The van der Waals surface area contributed by atoms with Crippen LogP contribution in [0.2, 0.25) is 0 Å². The molecule has 0 radical (unpaired) electrons. The van der Waals surface area contributed by atoms with E-state index < -0.39 is 0 Å². The summed E-state index contributed by atoms with van der Waals surface area (Å²) in [7, 11) is 1.62. The van der Waals surface area contributed by atoms with E-state index in [0.717, 1.165) is 16.9 Å². The number of methoxy groups -OCH3 is 1. The number of nitrogens with zero attached hydrogens (tertiary/aromatic N) is 1. The van der Waals surface area contributed by atoms with E-state index >= 15 is 0 Å². The number of hydrogen-bond acceptors (Lipinski definition) is 2. The Morgan fingerprint density at radius 2 is 1.74 bits per heavy atom. The van der Waals surface area contributed by atoms with E-state index in [9.17, 15) is 9.18 Å². The Bertz CT molecular complexity index is 927. The standard InChI is InChI=1S/C19H18FNO2/c1-12-8-17-16(9-18(12)20)13(2)10-21(19(17)22)11-14-4-6-15(23-3)7-5-14/h4-10H,11H2,1-3H3. The summed E-state index contributed by atoms with van der Waals surface area (Å²) in [6, 6.07) is 10.7. The van der Waals surface area contributed by atoms with Gasteiger partial charge in [0, 0.05) is 11.6 Å². The Morgan fingerprint density at radius 3 is 2.39 bits per heavy atom. The van der Waals surface area contributed by atoms with Crippen molar-refractivity contribution in [3.8, 4) is 5.75 Å². The van der Waals surface area contributed by atoms with Gasteiger partial charge in [-0.15, -0.1) is 0 Å². The van der Waals surface area contributed by atoms with Gasteiger partial charge in [-0.1, -0.05) is 12.1 Å². The molecule has 0 saturated carbocycles. The Labute approximate surface area is 134 Å². The van der Waals surface area contributed by atoms with Crippen LogP contribution in [0.25, 0.3) is 10.8 Å². The fourth-order valence-corrected chi connectivity index (χ4v) is 2.75. The van der Waals surface area contributed by atoms with E-state index in [-0.39, 0.29) is 11.4 Å². The smallest absolute Gasteiger partial charge is 0.258 e. The van der Waals surface area contributed by atoms with Crippen LogP contribution >= 0.6 is 0 Å². The number of rotatable bonds is 3. The van der Waals surface area contributed by atoms with Crippen molar-refractivity contribution in [3.05, 3.63) is 75.5 Å². The largest absolute Gasteiger partial charge is 0.497 e. The molecule has 0 spiro atoms. The first-order valence-electron chi connectivity index (χ1n) is 7.42. The van der Waals surface area contributed by atoms with Crippen LogP contribution in [-0.4, -0.2) is 11.7 Å². The fraction of sp³-hybridized carbons (Fsp3) is 0.211. The number of ether oxygens (including phenoxy) is 1. The molecule has 0 aliphatic rings. The maximum atomic E-state index is 13.8. The molecular weight excluding hydrogens is 293 g/mol. The molecule has 0 N–H and O–H groups in total. The molecule has 4 heteroatoms. The van der Waals surface area contributed by atoms with Crippen molar-refractivity contribution < 1.29 is 9.13 Å². The van der Waals surface area contributed by atoms with Gasteiger partial charge in [-0.2, -0.15) is 0 Å². The first kappa shape index (κ1) is 15.3. The van der Waals surface area contributed by atoms with Gasteiger partial charge in [-0.05, 0) is 60.2 Å². The quantitative estimate of drug-likeness (QED) is 0.736. The Hall–Kier alpha value is -2.62. The van der Waals surface area contributed by atoms with Gasteiger partial charge in [0.2, 0.25) is 0 Å². The van der Waals surface area contributed by atoms with Crippen LogP contribution in [0.5, 0.6) is 5.75 Å². The minimum Gasteiger partial charge on any atom is -0.497 e. The van der Waals surface area contributed by atoms with E-state index in [2.05, 4.69) is 0 Å². The second-order valence-electron chi connectivity index (χ2n) is 5.74. The van der Waals surface area contributed by atoms with Crippen molar-refractivity contribution in [3.63, 3.8) is 0 Å². The molecule has 1 aromatic heterocycles. The third-order valence-electron chi connectivity index (χ3n) is 4.08. The molecule has 0 unspecified atom stereocenters. The summed E-state index contributed by atoms with van der Waals surface area (Å²) < 4.78 is 20.6. The minimum absolute atomic E-state index is 0.107. The minimum atomic E-state index is -0.284. The van der Waals surface area contributed by atoms with Crippen molar-refractivity contribution in [1.29, 1.82) is 0 Å². The molecule has 0 bridgehead atoms. The van der Waals surface area contributed by atoms with Crippen molar-refractivity contribution in [2.24, 2.45) is 0 Å². The number of pyridine rings is 1. The van der Waals surface area contributed by atoms with E-state index in [1.54, 1.807) is 30.9 Å². The van der Waals surface area contributed by atoms with Gasteiger partial charge < -0.3 is 9.30 Å². The molecule has 3 nitrogen and oxygen atoms in total. The predicted molar refractivity (Wildman–Crippen MR) is 89.7 cm³/mol. The summed E-state index contributed by atoms with van der Waals surface area (Å²) in [5, 5.41) is 1.22. The predicted octanol–water partition coefficient (Wildman–Crippen LogP) is 3.81. The molecule has 0 atom stereocenters. The van der Waals surface area contributed by atoms with Crippen molar-refractivity contribution in [2.45, 2.75) is 20.4 Å². The summed E-state index contributed by atoms with van der Waals surface area (Å²) in [5.41, 5.74) is 2.26. The van der Waals surface area contributed by atoms with Gasteiger partial charge in [-0.3, -0.25) is 4.79 Å². The molecule has 3 rings (SSSR count). The highest BCUT2D eigenvalue weighted by molar-refractivity contribution is 5.85. The first-order chi connectivity index (χ1) is 11.0. The zero-order valence-electron chi connectivity index (χ0n) is 13.4.